The molecular formula is C17H14Cl2N4O2S. The van der Waals surface area contributed by atoms with E-state index in [0.29, 0.717) is 16.6 Å². The molecule has 0 atom stereocenters. The summed E-state index contributed by atoms with van der Waals surface area (Å²) in [5, 5.41) is 17.5. The Hall–Kier alpha value is -2.22. The monoisotopic (exact) mass is 408 g/mol. The van der Waals surface area contributed by atoms with Gasteiger partial charge in [0.15, 0.2) is 0 Å². The van der Waals surface area contributed by atoms with Gasteiger partial charge in [-0.25, -0.2) is 14.5 Å². The zero-order valence-corrected chi connectivity index (χ0v) is 15.7. The van der Waals surface area contributed by atoms with E-state index in [1.54, 1.807) is 23.0 Å². The Bertz CT molecular complexity index is 915. The number of nitrogens with zero attached hydrogens (tertiary/aromatic N) is 3. The van der Waals surface area contributed by atoms with Gasteiger partial charge in [0, 0.05) is 24.1 Å². The van der Waals surface area contributed by atoms with Crippen molar-refractivity contribution in [2.75, 3.05) is 6.54 Å². The molecule has 3 rings (SSSR count). The first kappa shape index (κ1) is 18.6. The van der Waals surface area contributed by atoms with E-state index in [1.807, 2.05) is 30.3 Å². The van der Waals surface area contributed by atoms with Gasteiger partial charge in [0.05, 0.1) is 16.4 Å². The second kappa shape index (κ2) is 8.44. The number of benzene rings is 1. The van der Waals surface area contributed by atoms with Crippen LogP contribution in [0.25, 0.3) is 5.69 Å². The van der Waals surface area contributed by atoms with Crippen molar-refractivity contribution in [2.24, 2.45) is 0 Å². The zero-order valence-electron chi connectivity index (χ0n) is 13.4. The molecule has 0 spiro atoms. The van der Waals surface area contributed by atoms with E-state index in [1.165, 1.54) is 11.8 Å². The first-order valence-electron chi connectivity index (χ1n) is 7.63. The predicted octanol–water partition coefficient (Wildman–Crippen LogP) is 4.54. The molecule has 134 valence electrons. The number of halogens is 2. The minimum Gasteiger partial charge on any atom is -0.465 e. The van der Waals surface area contributed by atoms with Crippen molar-refractivity contribution in [3.8, 4) is 5.69 Å². The molecule has 1 amide bonds. The number of nitrogens with one attached hydrogen (secondary N) is 1. The number of hydrogen-bond acceptors (Lipinski definition) is 4. The lowest BCUT2D eigenvalue weighted by atomic mass is 10.3. The zero-order chi connectivity index (χ0) is 18.5. The Kier molecular flexibility index (Phi) is 6.03. The Morgan fingerprint density at radius 3 is 2.73 bits per heavy atom. The third-order valence-electron chi connectivity index (χ3n) is 3.39. The van der Waals surface area contributed by atoms with E-state index < -0.39 is 6.09 Å². The smallest absolute Gasteiger partial charge is 0.404 e. The van der Waals surface area contributed by atoms with Crippen LogP contribution in [-0.2, 0) is 6.42 Å². The molecule has 26 heavy (non-hydrogen) atoms. The molecule has 6 nitrogen and oxygen atoms in total. The molecule has 0 bridgehead atoms. The Morgan fingerprint density at radius 2 is 2.04 bits per heavy atom. The van der Waals surface area contributed by atoms with Crippen molar-refractivity contribution >= 4 is 41.1 Å². The molecule has 2 heterocycles. The lowest BCUT2D eigenvalue weighted by Crippen LogP contribution is -2.23. The summed E-state index contributed by atoms with van der Waals surface area (Å²) in [5.74, 6) is 0. The van der Waals surface area contributed by atoms with E-state index in [-0.39, 0.29) is 6.54 Å². The van der Waals surface area contributed by atoms with Gasteiger partial charge in [-0.05, 0) is 30.3 Å². The van der Waals surface area contributed by atoms with Crippen LogP contribution in [0.1, 0.15) is 5.69 Å². The van der Waals surface area contributed by atoms with Gasteiger partial charge in [-0.2, -0.15) is 5.10 Å². The van der Waals surface area contributed by atoms with Crippen LogP contribution in [0.5, 0.6) is 0 Å². The molecule has 3 aromatic rings. The fourth-order valence-corrected chi connectivity index (χ4v) is 3.47. The number of aromatic nitrogens is 3. The maximum absolute atomic E-state index is 10.6. The van der Waals surface area contributed by atoms with Crippen molar-refractivity contribution in [1.82, 2.24) is 20.1 Å². The van der Waals surface area contributed by atoms with E-state index >= 15 is 0 Å². The van der Waals surface area contributed by atoms with Crippen molar-refractivity contribution < 1.29 is 9.90 Å². The normalized spacial score (nSPS) is 10.7. The molecule has 9 heteroatoms. The van der Waals surface area contributed by atoms with Gasteiger partial charge in [0.25, 0.3) is 0 Å². The largest absolute Gasteiger partial charge is 0.465 e. The molecule has 0 aliphatic heterocycles. The molecule has 0 saturated heterocycles. The number of hydrogen-bond donors (Lipinski definition) is 2. The van der Waals surface area contributed by atoms with Gasteiger partial charge in [-0.1, -0.05) is 47.1 Å². The summed E-state index contributed by atoms with van der Waals surface area (Å²) in [4.78, 5) is 15.6. The van der Waals surface area contributed by atoms with Crippen molar-refractivity contribution in [3.05, 3.63) is 64.5 Å². The Balaban J connectivity index is 1.92. The summed E-state index contributed by atoms with van der Waals surface area (Å²) < 4.78 is 1.75. The molecule has 0 radical (unpaired) electrons. The topological polar surface area (TPSA) is 80.0 Å². The van der Waals surface area contributed by atoms with Crippen LogP contribution in [-0.4, -0.2) is 32.5 Å². The van der Waals surface area contributed by atoms with Gasteiger partial charge >= 0.3 is 6.09 Å². The SMILES string of the molecule is O=C(O)NCCc1cc(Sc2ccc(Cl)nc2)n(-c2ccccc2Cl)n1. The minimum absolute atomic E-state index is 0.279. The molecule has 0 aliphatic carbocycles. The number of rotatable bonds is 6. The first-order chi connectivity index (χ1) is 12.5. The average molecular weight is 409 g/mol. The van der Waals surface area contributed by atoms with Crippen LogP contribution >= 0.6 is 35.0 Å². The maximum atomic E-state index is 10.6. The second-order valence-corrected chi connectivity index (χ2v) is 7.13. The number of carbonyl (C=O) groups is 1. The second-order valence-electron chi connectivity index (χ2n) is 5.24. The summed E-state index contributed by atoms with van der Waals surface area (Å²) >= 11 is 13.6. The predicted molar refractivity (Wildman–Crippen MR) is 102 cm³/mol. The highest BCUT2D eigenvalue weighted by atomic mass is 35.5. The fourth-order valence-electron chi connectivity index (χ4n) is 2.24. The van der Waals surface area contributed by atoms with Crippen LogP contribution in [0.4, 0.5) is 4.79 Å². The van der Waals surface area contributed by atoms with Crippen LogP contribution in [0.2, 0.25) is 10.2 Å². The Labute approximate surface area is 164 Å². The molecule has 2 N–H and O–H groups in total. The lowest BCUT2D eigenvalue weighted by Gasteiger charge is -2.08. The van der Waals surface area contributed by atoms with Gasteiger partial charge in [-0.15, -0.1) is 0 Å². The summed E-state index contributed by atoms with van der Waals surface area (Å²) in [6.07, 6.45) is 1.09. The summed E-state index contributed by atoms with van der Waals surface area (Å²) in [6, 6.07) is 12.9. The van der Waals surface area contributed by atoms with Gasteiger partial charge in [-0.3, -0.25) is 0 Å². The third kappa shape index (κ3) is 4.69. The van der Waals surface area contributed by atoms with Crippen LogP contribution in [0, 0.1) is 0 Å². The van der Waals surface area contributed by atoms with Crippen LogP contribution in [0.3, 0.4) is 0 Å². The first-order valence-corrected chi connectivity index (χ1v) is 9.20. The maximum Gasteiger partial charge on any atom is 0.404 e. The lowest BCUT2D eigenvalue weighted by molar-refractivity contribution is 0.194. The molecule has 2 aromatic heterocycles. The van der Waals surface area contributed by atoms with Crippen molar-refractivity contribution in [1.29, 1.82) is 0 Å². The van der Waals surface area contributed by atoms with Crippen LogP contribution in [0.15, 0.2) is 58.6 Å². The van der Waals surface area contributed by atoms with E-state index in [4.69, 9.17) is 28.3 Å². The molecule has 0 aliphatic rings. The number of amides is 1. The van der Waals surface area contributed by atoms with E-state index in [0.717, 1.165) is 21.3 Å². The minimum atomic E-state index is -1.06. The average Bonchev–Trinajstić information content (AvgIpc) is 2.99. The van der Waals surface area contributed by atoms with E-state index in [2.05, 4.69) is 15.4 Å². The number of pyridine rings is 1. The van der Waals surface area contributed by atoms with E-state index in [9.17, 15) is 4.79 Å². The molecule has 0 fully saturated rings. The molecule has 1 aromatic carbocycles. The number of para-hydroxylation sites is 1. The fraction of sp³-hybridized carbons (Fsp3) is 0.118. The summed E-state index contributed by atoms with van der Waals surface area (Å²) in [5.41, 5.74) is 1.50. The summed E-state index contributed by atoms with van der Waals surface area (Å²) in [6.45, 7) is 0.279. The highest BCUT2D eigenvalue weighted by Gasteiger charge is 2.14. The van der Waals surface area contributed by atoms with Gasteiger partial charge in [0.1, 0.15) is 10.2 Å². The number of carboxylic acid groups (broad SMARTS) is 1. The quantitative estimate of drug-likeness (QED) is 0.585. The van der Waals surface area contributed by atoms with Crippen molar-refractivity contribution in [2.45, 2.75) is 16.3 Å². The van der Waals surface area contributed by atoms with Gasteiger partial charge < -0.3 is 10.4 Å². The van der Waals surface area contributed by atoms with Gasteiger partial charge in [0.2, 0.25) is 0 Å². The molecular weight excluding hydrogens is 395 g/mol. The molecule has 0 saturated carbocycles. The summed E-state index contributed by atoms with van der Waals surface area (Å²) in [7, 11) is 0. The Morgan fingerprint density at radius 1 is 1.23 bits per heavy atom. The highest BCUT2D eigenvalue weighted by Crippen LogP contribution is 2.32. The molecule has 0 unspecified atom stereocenters. The van der Waals surface area contributed by atoms with Crippen molar-refractivity contribution in [3.63, 3.8) is 0 Å². The van der Waals surface area contributed by atoms with Crippen LogP contribution < -0.4 is 5.32 Å². The highest BCUT2D eigenvalue weighted by molar-refractivity contribution is 7.99. The third-order valence-corrected chi connectivity index (χ3v) is 4.91. The standard InChI is InChI=1S/C17H14Cl2N4O2S/c18-13-3-1-2-4-14(13)23-16(26-12-5-6-15(19)21-10-12)9-11(22-23)7-8-20-17(24)25/h1-6,9-10,20H,7-8H2,(H,24,25).